The van der Waals surface area contributed by atoms with Crippen LogP contribution in [0.4, 0.5) is 17.1 Å². The summed E-state index contributed by atoms with van der Waals surface area (Å²) < 4.78 is 27.0. The molecule has 1 aliphatic rings. The topological polar surface area (TPSA) is 33.5 Å². The molecule has 0 aliphatic carbocycles. The number of fused-ring (bicyclic) bond motifs is 4. The zero-order chi connectivity index (χ0) is 40.3. The van der Waals surface area contributed by atoms with E-state index in [-0.39, 0.29) is 0 Å². The molecule has 0 spiro atoms. The molecule has 9 aromatic rings. The predicted octanol–water partition coefficient (Wildman–Crippen LogP) is 12.3. The highest BCUT2D eigenvalue weighted by atomic mass is 16.8. The molecule has 0 amide bonds. The summed E-state index contributed by atoms with van der Waals surface area (Å²) in [6.07, 6.45) is 1.91. The number of benzene rings is 7. The van der Waals surface area contributed by atoms with Gasteiger partial charge >= 0.3 is 0 Å². The molecule has 0 saturated heterocycles. The van der Waals surface area contributed by atoms with Gasteiger partial charge in [-0.05, 0) is 107 Å². The molecule has 0 unspecified atom stereocenters. The zero-order valence-electron chi connectivity index (χ0n) is 34.1. The van der Waals surface area contributed by atoms with Crippen LogP contribution in [0.3, 0.4) is 0 Å². The average Bonchev–Trinajstić information content (AvgIpc) is 3.82. The van der Waals surface area contributed by atoms with Gasteiger partial charge in [0.05, 0.1) is 33.5 Å². The van der Waals surface area contributed by atoms with Gasteiger partial charge in [0, 0.05) is 28.1 Å². The number of hydrogen-bond acceptors (Lipinski definition) is 4. The number of hydroxylamine groups is 1. The number of hydrogen-bond donors (Lipinski definition) is 0. The highest BCUT2D eigenvalue weighted by Crippen LogP contribution is 2.49. The Morgan fingerprint density at radius 2 is 1.16 bits per heavy atom. The molecule has 3 heterocycles. The normalized spacial score (nSPS) is 13.8. The number of rotatable bonds is 7. The predicted molar refractivity (Wildman–Crippen MR) is 230 cm³/mol. The lowest BCUT2D eigenvalue weighted by atomic mass is 9.65. The van der Waals surface area contributed by atoms with Crippen molar-refractivity contribution in [2.75, 3.05) is 17.1 Å². The number of nitrogens with zero attached hydrogens (tertiary/aromatic N) is 4. The number of aromatic nitrogens is 2. The fraction of sp³-hybridized carbons (Fsp3) is 0.0784. The first-order valence-electron chi connectivity index (χ1n) is 20.4. The summed E-state index contributed by atoms with van der Waals surface area (Å²) in [5.41, 5.74) is 12.1. The van der Waals surface area contributed by atoms with Crippen molar-refractivity contribution < 1.29 is 9.05 Å². The quantitative estimate of drug-likeness (QED) is 0.153. The zero-order valence-corrected chi connectivity index (χ0v) is 31.1. The molecule has 0 fully saturated rings. The second-order valence-corrected chi connectivity index (χ2v) is 14.4. The number of anilines is 3. The van der Waals surface area contributed by atoms with Crippen LogP contribution in [0.25, 0.3) is 38.8 Å². The van der Waals surface area contributed by atoms with E-state index >= 15 is 0 Å². The van der Waals surface area contributed by atoms with Crippen molar-refractivity contribution in [3.63, 3.8) is 0 Å². The van der Waals surface area contributed by atoms with E-state index in [1.165, 1.54) is 16.7 Å². The molecule has 0 bridgehead atoms. The Balaban J connectivity index is 1.24. The minimum absolute atomic E-state index is 0.476. The fourth-order valence-corrected chi connectivity index (χ4v) is 8.82. The van der Waals surface area contributed by atoms with Gasteiger partial charge in [-0.3, -0.25) is 4.57 Å². The first-order chi connectivity index (χ1) is 28.7. The van der Waals surface area contributed by atoms with Crippen LogP contribution in [0.2, 0.25) is 0 Å². The van der Waals surface area contributed by atoms with E-state index in [0.29, 0.717) is 17.1 Å². The Morgan fingerprint density at radius 1 is 0.536 bits per heavy atom. The van der Waals surface area contributed by atoms with Gasteiger partial charge in [-0.25, -0.2) is 10.0 Å². The molecule has 0 atom stereocenters. The van der Waals surface area contributed by atoms with Crippen LogP contribution in [0, 0.1) is 13.8 Å². The lowest BCUT2D eigenvalue weighted by Gasteiger charge is -2.37. The van der Waals surface area contributed by atoms with Crippen LogP contribution >= 0.6 is 0 Å². The first kappa shape index (κ1) is 30.4. The summed E-state index contributed by atoms with van der Waals surface area (Å²) in [5.74, 6) is 0.837. The Labute approximate surface area is 331 Å². The van der Waals surface area contributed by atoms with Gasteiger partial charge in [0.15, 0.2) is 0 Å². The SMILES string of the molecule is [2H]C([2H])([2H])N1ON(c2cccc(C(c3ccccc3)(c3ccccc3)c3ccc4c5ccccc5n(-c5cc(-c6c(C)cccc6C)ccn5)c4c3)c2)c2ccccc21. The van der Waals surface area contributed by atoms with Gasteiger partial charge in [0.1, 0.15) is 5.82 Å². The van der Waals surface area contributed by atoms with Crippen molar-refractivity contribution in [2.45, 2.75) is 19.3 Å². The maximum absolute atomic E-state index is 8.25. The third-order valence-electron chi connectivity index (χ3n) is 11.3. The Bertz CT molecular complexity index is 2950. The first-order valence-corrected chi connectivity index (χ1v) is 18.9. The van der Waals surface area contributed by atoms with Crippen LogP contribution in [0.15, 0.2) is 188 Å². The van der Waals surface area contributed by atoms with Crippen molar-refractivity contribution in [2.24, 2.45) is 0 Å². The molecule has 5 heteroatoms. The van der Waals surface area contributed by atoms with E-state index in [0.717, 1.165) is 60.5 Å². The third-order valence-corrected chi connectivity index (χ3v) is 11.3. The minimum atomic E-state index is -2.51. The van der Waals surface area contributed by atoms with Gasteiger partial charge in [-0.1, -0.05) is 133 Å². The fourth-order valence-electron chi connectivity index (χ4n) is 8.82. The molecule has 0 N–H and O–H groups in total. The number of pyridine rings is 1. The van der Waals surface area contributed by atoms with Crippen molar-refractivity contribution in [1.29, 1.82) is 0 Å². The Hall–Kier alpha value is -6.95. The van der Waals surface area contributed by atoms with Gasteiger partial charge in [-0.15, -0.1) is 4.94 Å². The van der Waals surface area contributed by atoms with Crippen LogP contribution in [-0.4, -0.2) is 16.5 Å². The molecular weight excluding hydrogens is 685 g/mol. The van der Waals surface area contributed by atoms with Crippen LogP contribution in [0.5, 0.6) is 0 Å². The minimum Gasteiger partial charge on any atom is -0.294 e. The standard InChI is InChI=1S/C51H40N4O/c1-35-16-14-17-36(2)50(35)37-30-31-52-49(32-37)54-45-25-11-10-24-43(45)44-29-28-41(34-48(44)54)51(38-18-6-4-7-19-38,39-20-8-5-9-21-39)40-22-15-23-42(33-40)55-47-27-13-12-26-46(47)53(3)56-55/h4-34H,1-3H3/i3D3. The summed E-state index contributed by atoms with van der Waals surface area (Å²) in [7, 11) is 0. The van der Waals surface area contributed by atoms with Crippen molar-refractivity contribution in [1.82, 2.24) is 9.55 Å². The maximum atomic E-state index is 8.25. The van der Waals surface area contributed by atoms with Crippen LogP contribution in [0.1, 0.15) is 37.5 Å². The van der Waals surface area contributed by atoms with Gasteiger partial charge < -0.3 is 0 Å². The molecule has 0 radical (unpaired) electrons. The molecule has 0 saturated carbocycles. The largest absolute Gasteiger partial charge is 0.294 e. The molecule has 10 rings (SSSR count). The number of para-hydroxylation sites is 3. The maximum Gasteiger partial charge on any atom is 0.138 e. The highest BCUT2D eigenvalue weighted by molar-refractivity contribution is 6.09. The van der Waals surface area contributed by atoms with Crippen LogP contribution in [-0.2, 0) is 10.4 Å². The summed E-state index contributed by atoms with van der Waals surface area (Å²) >= 11 is 0. The number of aryl methyl sites for hydroxylation is 2. The van der Waals surface area contributed by atoms with Crippen molar-refractivity contribution in [3.8, 4) is 16.9 Å². The lowest BCUT2D eigenvalue weighted by Crippen LogP contribution is -2.31. The van der Waals surface area contributed by atoms with E-state index in [2.05, 4.69) is 152 Å². The van der Waals surface area contributed by atoms with E-state index < -0.39 is 12.4 Å². The summed E-state index contributed by atoms with van der Waals surface area (Å²) in [4.78, 5) is 11.2. The van der Waals surface area contributed by atoms with Gasteiger partial charge in [0.2, 0.25) is 0 Å². The Kier molecular flexibility index (Phi) is 7.28. The summed E-state index contributed by atoms with van der Waals surface area (Å²) in [6.45, 7) is 1.81. The summed E-state index contributed by atoms with van der Waals surface area (Å²) in [5, 5.41) is 4.89. The van der Waals surface area contributed by atoms with E-state index in [1.54, 1.807) is 11.1 Å². The van der Waals surface area contributed by atoms with E-state index in [1.807, 2.05) is 48.7 Å². The monoisotopic (exact) mass is 727 g/mol. The van der Waals surface area contributed by atoms with E-state index in [4.69, 9.17) is 14.0 Å². The Morgan fingerprint density at radius 3 is 1.91 bits per heavy atom. The molecule has 5 nitrogen and oxygen atoms in total. The lowest BCUT2D eigenvalue weighted by molar-refractivity contribution is 0.142. The smallest absolute Gasteiger partial charge is 0.138 e. The molecule has 2 aromatic heterocycles. The molecule has 1 aliphatic heterocycles. The second kappa shape index (κ2) is 13.4. The average molecular weight is 728 g/mol. The molecular formula is C51H40N4O. The summed E-state index contributed by atoms with van der Waals surface area (Å²) in [6, 6.07) is 62.9. The molecule has 270 valence electrons. The molecule has 56 heavy (non-hydrogen) atoms. The van der Waals surface area contributed by atoms with Gasteiger partial charge in [0.25, 0.3) is 0 Å². The van der Waals surface area contributed by atoms with Crippen molar-refractivity contribution >= 4 is 38.9 Å². The second-order valence-electron chi connectivity index (χ2n) is 14.4. The third kappa shape index (κ3) is 5.24. The van der Waals surface area contributed by atoms with E-state index in [9.17, 15) is 0 Å². The van der Waals surface area contributed by atoms with Gasteiger partial charge in [-0.2, -0.15) is 5.06 Å². The highest BCUT2D eigenvalue weighted by Gasteiger charge is 2.40. The van der Waals surface area contributed by atoms with Crippen molar-refractivity contribution in [3.05, 3.63) is 222 Å². The van der Waals surface area contributed by atoms with Crippen LogP contribution < -0.4 is 10.1 Å². The molecule has 7 aromatic carbocycles.